The minimum Gasteiger partial charge on any atom is -0.480 e. The first-order chi connectivity index (χ1) is 15.6. The Bertz CT molecular complexity index is 660. The molecule has 12 N–H and O–H groups in total. The number of guanidine groups is 1. The van der Waals surface area contributed by atoms with E-state index >= 15 is 0 Å². The van der Waals surface area contributed by atoms with E-state index in [2.05, 4.69) is 20.9 Å². The van der Waals surface area contributed by atoms with Gasteiger partial charge in [0.15, 0.2) is 5.96 Å². The molecule has 33 heavy (non-hydrogen) atoms. The zero-order valence-electron chi connectivity index (χ0n) is 19.0. The highest BCUT2D eigenvalue weighted by Gasteiger charge is 2.26. The average molecular weight is 491 g/mol. The quantitative estimate of drug-likeness (QED) is 0.0566. The van der Waals surface area contributed by atoms with Crippen LogP contribution in [0.1, 0.15) is 38.5 Å². The van der Waals surface area contributed by atoms with Gasteiger partial charge in [0.05, 0.1) is 12.6 Å². The Labute approximate surface area is 198 Å². The lowest BCUT2D eigenvalue weighted by atomic mass is 10.1. The highest BCUT2D eigenvalue weighted by atomic mass is 32.2. The van der Waals surface area contributed by atoms with Crippen LogP contribution in [-0.2, 0) is 19.2 Å². The molecule has 190 valence electrons. The number of hydrogen-bond acceptors (Lipinski definition) is 8. The molecule has 3 amide bonds. The summed E-state index contributed by atoms with van der Waals surface area (Å²) >= 11 is 1.48. The third-order valence-corrected chi connectivity index (χ3v) is 5.20. The van der Waals surface area contributed by atoms with Crippen LogP contribution >= 0.6 is 11.8 Å². The number of aliphatic imine (C=N–C) groups is 1. The standard InChI is InChI=1S/C19H38N8O5S/c1-33-10-7-13(17(30)27-14(18(31)32)6-2-3-8-20)26-15(28)11-25-16(29)12(21)5-4-9-24-19(22)23/h12-14H,2-11,20-21H2,1H3,(H,25,29)(H,26,28)(H,27,30)(H,31,32)(H4,22,23,24). The van der Waals surface area contributed by atoms with Gasteiger partial charge in [-0.3, -0.25) is 19.4 Å². The third-order valence-electron chi connectivity index (χ3n) is 4.55. The van der Waals surface area contributed by atoms with Gasteiger partial charge in [-0.15, -0.1) is 0 Å². The van der Waals surface area contributed by atoms with Crippen LogP contribution in [0.15, 0.2) is 4.99 Å². The summed E-state index contributed by atoms with van der Waals surface area (Å²) in [6.07, 6.45) is 4.38. The van der Waals surface area contributed by atoms with E-state index in [9.17, 15) is 24.3 Å². The molecular formula is C19H38N8O5S. The maximum Gasteiger partial charge on any atom is 0.326 e. The average Bonchev–Trinajstić information content (AvgIpc) is 2.76. The van der Waals surface area contributed by atoms with Crippen molar-refractivity contribution in [3.63, 3.8) is 0 Å². The van der Waals surface area contributed by atoms with Crippen molar-refractivity contribution in [3.8, 4) is 0 Å². The van der Waals surface area contributed by atoms with Gasteiger partial charge in [0.25, 0.3) is 0 Å². The molecule has 0 aromatic carbocycles. The number of carbonyl (C=O) groups is 4. The summed E-state index contributed by atoms with van der Waals surface area (Å²) in [7, 11) is 0. The molecule has 0 aliphatic rings. The molecule has 3 atom stereocenters. The summed E-state index contributed by atoms with van der Waals surface area (Å²) in [6.45, 7) is 0.389. The summed E-state index contributed by atoms with van der Waals surface area (Å²) in [5.74, 6) is -2.35. The van der Waals surface area contributed by atoms with Crippen molar-refractivity contribution in [3.05, 3.63) is 0 Å². The molecule has 0 bridgehead atoms. The van der Waals surface area contributed by atoms with Crippen LogP contribution in [0.5, 0.6) is 0 Å². The van der Waals surface area contributed by atoms with Crippen LogP contribution in [0.2, 0.25) is 0 Å². The molecule has 0 saturated carbocycles. The summed E-state index contributed by atoms with van der Waals surface area (Å²) in [6, 6.07) is -2.85. The molecule has 0 aromatic rings. The van der Waals surface area contributed by atoms with Gasteiger partial charge in [-0.05, 0) is 57.1 Å². The molecule has 0 aliphatic carbocycles. The first kappa shape index (κ1) is 30.4. The number of unbranched alkanes of at least 4 members (excludes halogenated alkanes) is 1. The second-order valence-corrected chi connectivity index (χ2v) is 8.34. The van der Waals surface area contributed by atoms with Gasteiger partial charge in [-0.2, -0.15) is 11.8 Å². The minimum absolute atomic E-state index is 0.0463. The molecule has 0 aliphatic heterocycles. The van der Waals surface area contributed by atoms with Gasteiger partial charge < -0.3 is 44.0 Å². The van der Waals surface area contributed by atoms with E-state index in [0.29, 0.717) is 50.9 Å². The van der Waals surface area contributed by atoms with Crippen LogP contribution in [0.4, 0.5) is 0 Å². The van der Waals surface area contributed by atoms with Crippen molar-refractivity contribution < 1.29 is 24.3 Å². The third kappa shape index (κ3) is 15.0. The fourth-order valence-electron chi connectivity index (χ4n) is 2.72. The molecule has 0 rings (SSSR count). The van der Waals surface area contributed by atoms with Gasteiger partial charge >= 0.3 is 5.97 Å². The van der Waals surface area contributed by atoms with E-state index in [0.717, 1.165) is 0 Å². The summed E-state index contributed by atoms with van der Waals surface area (Å²) in [4.78, 5) is 52.2. The number of aliphatic carboxylic acids is 1. The van der Waals surface area contributed by atoms with Crippen molar-refractivity contribution in [2.75, 3.05) is 31.6 Å². The number of amides is 3. The van der Waals surface area contributed by atoms with Crippen LogP contribution in [-0.4, -0.2) is 84.5 Å². The van der Waals surface area contributed by atoms with Crippen LogP contribution in [0, 0.1) is 0 Å². The Morgan fingerprint density at radius 2 is 1.67 bits per heavy atom. The lowest BCUT2D eigenvalue weighted by molar-refractivity contribution is -0.142. The number of carboxylic acid groups (broad SMARTS) is 1. The predicted molar refractivity (Wildman–Crippen MR) is 128 cm³/mol. The second-order valence-electron chi connectivity index (χ2n) is 7.36. The summed E-state index contributed by atoms with van der Waals surface area (Å²) < 4.78 is 0. The molecule has 14 heteroatoms. The van der Waals surface area contributed by atoms with Crippen LogP contribution < -0.4 is 38.9 Å². The summed E-state index contributed by atoms with van der Waals surface area (Å²) in [5, 5.41) is 16.8. The predicted octanol–water partition coefficient (Wildman–Crippen LogP) is -2.58. The highest BCUT2D eigenvalue weighted by Crippen LogP contribution is 2.05. The van der Waals surface area contributed by atoms with Gasteiger partial charge in [-0.1, -0.05) is 0 Å². The molecule has 3 unspecified atom stereocenters. The maximum absolute atomic E-state index is 12.6. The Morgan fingerprint density at radius 1 is 0.970 bits per heavy atom. The molecule has 0 fully saturated rings. The number of thioether (sulfide) groups is 1. The lowest BCUT2D eigenvalue weighted by Gasteiger charge is -2.21. The second kappa shape index (κ2) is 17.9. The molecule has 0 spiro atoms. The maximum atomic E-state index is 12.6. The Morgan fingerprint density at radius 3 is 2.24 bits per heavy atom. The number of nitrogens with two attached hydrogens (primary N) is 4. The number of nitrogens with zero attached hydrogens (tertiary/aromatic N) is 1. The van der Waals surface area contributed by atoms with Crippen molar-refractivity contribution >= 4 is 41.4 Å². The number of carboxylic acids is 1. The van der Waals surface area contributed by atoms with E-state index in [4.69, 9.17) is 22.9 Å². The first-order valence-electron chi connectivity index (χ1n) is 10.7. The van der Waals surface area contributed by atoms with Crippen molar-refractivity contribution in [2.24, 2.45) is 27.9 Å². The summed E-state index contributed by atoms with van der Waals surface area (Å²) in [5.41, 5.74) is 21.6. The smallest absolute Gasteiger partial charge is 0.326 e. The number of rotatable bonds is 18. The molecule has 13 nitrogen and oxygen atoms in total. The lowest BCUT2D eigenvalue weighted by Crippen LogP contribution is -2.53. The minimum atomic E-state index is -1.16. The van der Waals surface area contributed by atoms with Gasteiger partial charge in [-0.25, -0.2) is 4.79 Å². The van der Waals surface area contributed by atoms with E-state index in [1.54, 1.807) is 0 Å². The normalized spacial score (nSPS) is 13.3. The van der Waals surface area contributed by atoms with Crippen molar-refractivity contribution in [1.82, 2.24) is 16.0 Å². The largest absolute Gasteiger partial charge is 0.480 e. The van der Waals surface area contributed by atoms with Crippen molar-refractivity contribution in [1.29, 1.82) is 0 Å². The SMILES string of the molecule is CSCCC(NC(=O)CNC(=O)C(N)CCCN=C(N)N)C(=O)NC(CCCCN)C(=O)O. The van der Waals surface area contributed by atoms with Gasteiger partial charge in [0, 0.05) is 6.54 Å². The Balaban J connectivity index is 4.71. The van der Waals surface area contributed by atoms with Gasteiger partial charge in [0.2, 0.25) is 17.7 Å². The molecular weight excluding hydrogens is 452 g/mol. The monoisotopic (exact) mass is 490 g/mol. The number of carbonyl (C=O) groups excluding carboxylic acids is 3. The molecule has 0 aromatic heterocycles. The molecule has 0 heterocycles. The van der Waals surface area contributed by atoms with E-state index in [-0.39, 0.29) is 18.9 Å². The Kier molecular flexibility index (Phi) is 16.5. The van der Waals surface area contributed by atoms with E-state index in [1.165, 1.54) is 11.8 Å². The van der Waals surface area contributed by atoms with E-state index < -0.39 is 41.8 Å². The van der Waals surface area contributed by atoms with E-state index in [1.807, 2.05) is 6.26 Å². The zero-order chi connectivity index (χ0) is 25.2. The fraction of sp³-hybridized carbons (Fsp3) is 0.737. The topological polar surface area (TPSA) is 241 Å². The van der Waals surface area contributed by atoms with Crippen molar-refractivity contribution in [2.45, 2.75) is 56.7 Å². The van der Waals surface area contributed by atoms with Gasteiger partial charge in [0.1, 0.15) is 12.1 Å². The first-order valence-corrected chi connectivity index (χ1v) is 12.1. The number of hydrogen-bond donors (Lipinski definition) is 8. The van der Waals surface area contributed by atoms with Crippen LogP contribution in [0.25, 0.3) is 0 Å². The molecule has 0 saturated heterocycles. The molecule has 0 radical (unpaired) electrons. The van der Waals surface area contributed by atoms with Crippen LogP contribution in [0.3, 0.4) is 0 Å². The fourth-order valence-corrected chi connectivity index (χ4v) is 3.19. The zero-order valence-corrected chi connectivity index (χ0v) is 19.9. The Hall–Kier alpha value is -2.58. The number of nitrogens with one attached hydrogen (secondary N) is 3. The highest BCUT2D eigenvalue weighted by molar-refractivity contribution is 7.98.